The summed E-state index contributed by atoms with van der Waals surface area (Å²) in [6.07, 6.45) is 4.14. The molecule has 3 rings (SSSR count). The Morgan fingerprint density at radius 3 is 2.86 bits per heavy atom. The molecule has 1 aliphatic rings. The molecular formula is C14H14N4O3. The van der Waals surface area contributed by atoms with E-state index in [1.54, 1.807) is 18.5 Å². The van der Waals surface area contributed by atoms with Crippen LogP contribution in [0.2, 0.25) is 0 Å². The first-order valence-electron chi connectivity index (χ1n) is 6.52. The minimum Gasteiger partial charge on any atom is -0.454 e. The molecule has 108 valence electrons. The lowest BCUT2D eigenvalue weighted by atomic mass is 10.1. The predicted molar refractivity (Wildman–Crippen MR) is 74.7 cm³/mol. The SMILES string of the molecule is O=C(CCc1ccc2c(c1)OCO2)NNc1ncccn1. The Bertz CT molecular complexity index is 633. The summed E-state index contributed by atoms with van der Waals surface area (Å²) in [4.78, 5) is 19.6. The highest BCUT2D eigenvalue weighted by Crippen LogP contribution is 2.32. The van der Waals surface area contributed by atoms with Crippen LogP contribution in [0.1, 0.15) is 12.0 Å². The Kier molecular flexibility index (Phi) is 3.81. The monoisotopic (exact) mass is 286 g/mol. The van der Waals surface area contributed by atoms with Crippen LogP contribution in [-0.2, 0) is 11.2 Å². The van der Waals surface area contributed by atoms with E-state index in [1.165, 1.54) is 0 Å². The van der Waals surface area contributed by atoms with Crippen LogP contribution < -0.4 is 20.3 Å². The van der Waals surface area contributed by atoms with Crippen molar-refractivity contribution in [1.82, 2.24) is 15.4 Å². The maximum atomic E-state index is 11.7. The van der Waals surface area contributed by atoms with E-state index >= 15 is 0 Å². The molecule has 0 fully saturated rings. The number of hydrogen-bond donors (Lipinski definition) is 2. The van der Waals surface area contributed by atoms with Gasteiger partial charge in [-0.05, 0) is 30.2 Å². The standard InChI is InChI=1S/C14H14N4O3/c19-13(17-18-14-15-6-1-7-16-14)5-3-10-2-4-11-12(8-10)21-9-20-11/h1-2,4,6-8H,3,5,9H2,(H,17,19)(H,15,16,18). The van der Waals surface area contributed by atoms with Crippen LogP contribution in [0, 0.1) is 0 Å². The van der Waals surface area contributed by atoms with E-state index in [4.69, 9.17) is 9.47 Å². The normalized spacial score (nSPS) is 12.0. The summed E-state index contributed by atoms with van der Waals surface area (Å²) < 4.78 is 10.5. The second-order valence-corrected chi connectivity index (χ2v) is 4.43. The van der Waals surface area contributed by atoms with E-state index in [9.17, 15) is 4.79 Å². The lowest BCUT2D eigenvalue weighted by Gasteiger charge is -2.07. The number of nitrogens with zero attached hydrogens (tertiary/aromatic N) is 2. The quantitative estimate of drug-likeness (QED) is 0.805. The van der Waals surface area contributed by atoms with E-state index < -0.39 is 0 Å². The van der Waals surface area contributed by atoms with E-state index in [2.05, 4.69) is 20.8 Å². The van der Waals surface area contributed by atoms with Crippen LogP contribution in [0.5, 0.6) is 11.5 Å². The summed E-state index contributed by atoms with van der Waals surface area (Å²) >= 11 is 0. The smallest absolute Gasteiger partial charge is 0.241 e. The first-order valence-corrected chi connectivity index (χ1v) is 6.52. The first-order chi connectivity index (χ1) is 10.3. The van der Waals surface area contributed by atoms with Gasteiger partial charge in [-0.2, -0.15) is 0 Å². The van der Waals surface area contributed by atoms with Gasteiger partial charge in [-0.3, -0.25) is 15.6 Å². The van der Waals surface area contributed by atoms with E-state index in [1.807, 2.05) is 18.2 Å². The Morgan fingerprint density at radius 2 is 2.00 bits per heavy atom. The lowest BCUT2D eigenvalue weighted by molar-refractivity contribution is -0.120. The summed E-state index contributed by atoms with van der Waals surface area (Å²) in [6, 6.07) is 7.37. The second kappa shape index (κ2) is 6.08. The minimum atomic E-state index is -0.139. The maximum Gasteiger partial charge on any atom is 0.241 e. The molecule has 1 aromatic heterocycles. The molecule has 0 radical (unpaired) electrons. The highest BCUT2D eigenvalue weighted by molar-refractivity contribution is 5.77. The Balaban J connectivity index is 1.47. The molecule has 1 aliphatic heterocycles. The van der Waals surface area contributed by atoms with Gasteiger partial charge >= 0.3 is 0 Å². The summed E-state index contributed by atoms with van der Waals surface area (Å²) in [5, 5.41) is 0. The van der Waals surface area contributed by atoms with Crippen molar-refractivity contribution >= 4 is 11.9 Å². The third-order valence-electron chi connectivity index (χ3n) is 2.96. The summed E-state index contributed by atoms with van der Waals surface area (Å²) in [5.74, 6) is 1.68. The van der Waals surface area contributed by atoms with Gasteiger partial charge in [0.15, 0.2) is 11.5 Å². The van der Waals surface area contributed by atoms with Crippen molar-refractivity contribution in [3.63, 3.8) is 0 Å². The minimum absolute atomic E-state index is 0.139. The van der Waals surface area contributed by atoms with Gasteiger partial charge in [0, 0.05) is 18.8 Å². The van der Waals surface area contributed by atoms with E-state index in [0.717, 1.165) is 17.1 Å². The molecule has 2 N–H and O–H groups in total. The van der Waals surface area contributed by atoms with Gasteiger partial charge in [0.1, 0.15) is 0 Å². The van der Waals surface area contributed by atoms with Crippen LogP contribution in [0.3, 0.4) is 0 Å². The Morgan fingerprint density at radius 1 is 1.19 bits per heavy atom. The molecule has 1 amide bonds. The average molecular weight is 286 g/mol. The molecule has 7 heteroatoms. The number of carbonyl (C=O) groups excluding carboxylic acids is 1. The number of anilines is 1. The molecular weight excluding hydrogens is 272 g/mol. The largest absolute Gasteiger partial charge is 0.454 e. The third-order valence-corrected chi connectivity index (χ3v) is 2.96. The zero-order chi connectivity index (χ0) is 14.5. The molecule has 2 heterocycles. The molecule has 1 aromatic carbocycles. The van der Waals surface area contributed by atoms with Crippen LogP contribution in [0.25, 0.3) is 0 Å². The zero-order valence-electron chi connectivity index (χ0n) is 11.2. The number of aryl methyl sites for hydroxylation is 1. The van der Waals surface area contributed by atoms with Gasteiger partial charge in [-0.15, -0.1) is 0 Å². The van der Waals surface area contributed by atoms with Crippen molar-refractivity contribution in [3.8, 4) is 11.5 Å². The number of carbonyl (C=O) groups is 1. The van der Waals surface area contributed by atoms with Gasteiger partial charge in [0.05, 0.1) is 0 Å². The van der Waals surface area contributed by atoms with E-state index in [0.29, 0.717) is 18.8 Å². The predicted octanol–water partition coefficient (Wildman–Crippen LogP) is 1.28. The van der Waals surface area contributed by atoms with Gasteiger partial charge in [0.2, 0.25) is 18.6 Å². The number of ether oxygens (including phenoxy) is 2. The highest BCUT2D eigenvalue weighted by Gasteiger charge is 2.13. The second-order valence-electron chi connectivity index (χ2n) is 4.43. The lowest BCUT2D eigenvalue weighted by Crippen LogP contribution is -2.30. The number of hydrogen-bond acceptors (Lipinski definition) is 6. The molecule has 21 heavy (non-hydrogen) atoms. The van der Waals surface area contributed by atoms with Gasteiger partial charge in [-0.25, -0.2) is 9.97 Å². The summed E-state index contributed by atoms with van der Waals surface area (Å²) in [7, 11) is 0. The van der Waals surface area contributed by atoms with Gasteiger partial charge in [0.25, 0.3) is 0 Å². The van der Waals surface area contributed by atoms with Crippen LogP contribution >= 0.6 is 0 Å². The molecule has 0 aliphatic carbocycles. The van der Waals surface area contributed by atoms with Gasteiger partial charge in [-0.1, -0.05) is 6.07 Å². The van der Waals surface area contributed by atoms with E-state index in [-0.39, 0.29) is 12.7 Å². The fraction of sp³-hybridized carbons (Fsp3) is 0.214. The molecule has 0 unspecified atom stereocenters. The molecule has 0 saturated carbocycles. The molecule has 0 saturated heterocycles. The fourth-order valence-electron chi connectivity index (χ4n) is 1.91. The molecule has 0 spiro atoms. The van der Waals surface area contributed by atoms with Crippen LogP contribution in [0.4, 0.5) is 5.95 Å². The number of nitrogens with one attached hydrogen (secondary N) is 2. The summed E-state index contributed by atoms with van der Waals surface area (Å²) in [5.41, 5.74) is 6.23. The number of fused-ring (bicyclic) bond motifs is 1. The highest BCUT2D eigenvalue weighted by atomic mass is 16.7. The van der Waals surface area contributed by atoms with Crippen molar-refractivity contribution in [1.29, 1.82) is 0 Å². The number of hydrazine groups is 1. The number of benzene rings is 1. The van der Waals surface area contributed by atoms with Crippen molar-refractivity contribution in [2.24, 2.45) is 0 Å². The molecule has 0 atom stereocenters. The molecule has 7 nitrogen and oxygen atoms in total. The summed E-state index contributed by atoms with van der Waals surface area (Å²) in [6.45, 7) is 0.250. The Hall–Kier alpha value is -2.83. The van der Waals surface area contributed by atoms with Crippen molar-refractivity contribution in [3.05, 3.63) is 42.2 Å². The average Bonchev–Trinajstić information content (AvgIpc) is 2.99. The molecule has 0 bridgehead atoms. The number of aromatic nitrogens is 2. The zero-order valence-corrected chi connectivity index (χ0v) is 11.2. The van der Waals surface area contributed by atoms with Crippen LogP contribution in [0.15, 0.2) is 36.7 Å². The first kappa shape index (κ1) is 13.2. The van der Waals surface area contributed by atoms with Crippen molar-refractivity contribution in [2.75, 3.05) is 12.2 Å². The Labute approximate surface area is 121 Å². The van der Waals surface area contributed by atoms with Gasteiger partial charge < -0.3 is 9.47 Å². The fourth-order valence-corrected chi connectivity index (χ4v) is 1.91. The number of amides is 1. The third kappa shape index (κ3) is 3.38. The number of rotatable bonds is 5. The van der Waals surface area contributed by atoms with Crippen molar-refractivity contribution in [2.45, 2.75) is 12.8 Å². The van der Waals surface area contributed by atoms with Crippen molar-refractivity contribution < 1.29 is 14.3 Å². The topological polar surface area (TPSA) is 85.4 Å². The maximum absolute atomic E-state index is 11.7. The molecule has 2 aromatic rings. The van der Waals surface area contributed by atoms with Crippen LogP contribution in [-0.4, -0.2) is 22.7 Å².